The molecule has 12 nitrogen and oxygen atoms in total. The van der Waals surface area contributed by atoms with Crippen LogP contribution in [0.15, 0.2) is 78.0 Å². The number of hydrazine groups is 1. The fraction of sp³-hybridized carbons (Fsp3) is 0.192. The Labute approximate surface area is 218 Å². The average Bonchev–Trinajstić information content (AvgIpc) is 2.96. The quantitative estimate of drug-likeness (QED) is 0.165. The molecule has 12 heteroatoms. The molecule has 38 heavy (non-hydrogen) atoms. The van der Waals surface area contributed by atoms with Crippen LogP contribution in [-0.4, -0.2) is 41.2 Å². The summed E-state index contributed by atoms with van der Waals surface area (Å²) in [5.74, 6) is -1.82. The van der Waals surface area contributed by atoms with Gasteiger partial charge in [0.25, 0.3) is 17.7 Å². The van der Waals surface area contributed by atoms with Crippen molar-refractivity contribution in [1.29, 1.82) is 5.53 Å². The molecule has 0 aliphatic heterocycles. The number of aromatic nitrogens is 1. The highest BCUT2D eigenvalue weighted by atomic mass is 16.2. The van der Waals surface area contributed by atoms with Gasteiger partial charge in [-0.25, -0.2) is 10.5 Å². The number of pyridine rings is 1. The molecule has 1 heterocycles. The lowest BCUT2D eigenvalue weighted by Crippen LogP contribution is -2.49. The first-order valence-electron chi connectivity index (χ1n) is 11.7. The van der Waals surface area contributed by atoms with Crippen molar-refractivity contribution in [2.75, 3.05) is 6.54 Å². The SMILES string of the molecule is N=Nc1cc(C(=O)NCC(=O)NCc2ccc(C(=O)NNC(=O)[C@H](N)CCc3ccccc3)cc2)ccn1. The van der Waals surface area contributed by atoms with Crippen molar-refractivity contribution in [2.45, 2.75) is 25.4 Å². The van der Waals surface area contributed by atoms with E-state index in [1.807, 2.05) is 30.3 Å². The minimum Gasteiger partial charge on any atom is -0.350 e. The maximum absolute atomic E-state index is 12.3. The largest absolute Gasteiger partial charge is 0.350 e. The van der Waals surface area contributed by atoms with Crippen LogP contribution < -0.4 is 27.2 Å². The number of benzene rings is 2. The average molecular weight is 517 g/mol. The molecule has 0 saturated carbocycles. The van der Waals surface area contributed by atoms with E-state index in [0.717, 1.165) is 11.1 Å². The summed E-state index contributed by atoms with van der Waals surface area (Å²) in [6.45, 7) is -0.0666. The highest BCUT2D eigenvalue weighted by Gasteiger charge is 2.15. The Morgan fingerprint density at radius 3 is 2.32 bits per heavy atom. The second-order valence-electron chi connectivity index (χ2n) is 8.24. The number of carbonyl (C=O) groups is 4. The zero-order valence-corrected chi connectivity index (χ0v) is 20.4. The predicted molar refractivity (Wildman–Crippen MR) is 138 cm³/mol. The first-order valence-corrected chi connectivity index (χ1v) is 11.7. The summed E-state index contributed by atoms with van der Waals surface area (Å²) in [6, 6.07) is 18.1. The van der Waals surface area contributed by atoms with Crippen molar-refractivity contribution in [3.05, 3.63) is 95.2 Å². The zero-order chi connectivity index (χ0) is 27.3. The molecule has 0 aliphatic carbocycles. The molecule has 4 amide bonds. The minimum atomic E-state index is -0.771. The van der Waals surface area contributed by atoms with Gasteiger partial charge in [0, 0.05) is 23.9 Å². The van der Waals surface area contributed by atoms with E-state index < -0.39 is 29.7 Å². The zero-order valence-electron chi connectivity index (χ0n) is 20.4. The first kappa shape index (κ1) is 27.6. The van der Waals surface area contributed by atoms with Crippen LogP contribution in [0.3, 0.4) is 0 Å². The number of aryl methyl sites for hydroxylation is 1. The normalized spacial score (nSPS) is 11.1. The van der Waals surface area contributed by atoms with E-state index in [2.05, 4.69) is 31.6 Å². The molecule has 2 aromatic carbocycles. The number of nitrogens with zero attached hydrogens (tertiary/aromatic N) is 2. The number of hydrogen-bond donors (Lipinski definition) is 6. The summed E-state index contributed by atoms with van der Waals surface area (Å²) in [5.41, 5.74) is 19.9. The highest BCUT2D eigenvalue weighted by molar-refractivity contribution is 5.97. The molecule has 7 N–H and O–H groups in total. The third-order valence-corrected chi connectivity index (χ3v) is 5.46. The van der Waals surface area contributed by atoms with E-state index in [1.165, 1.54) is 18.3 Å². The van der Waals surface area contributed by atoms with Crippen LogP contribution in [0.4, 0.5) is 5.82 Å². The monoisotopic (exact) mass is 516 g/mol. The van der Waals surface area contributed by atoms with Crippen molar-refractivity contribution in [3.63, 3.8) is 0 Å². The van der Waals surface area contributed by atoms with Crippen LogP contribution in [0.25, 0.3) is 0 Å². The van der Waals surface area contributed by atoms with Crippen LogP contribution in [-0.2, 0) is 22.6 Å². The van der Waals surface area contributed by atoms with E-state index in [4.69, 9.17) is 11.3 Å². The standard InChI is InChI=1S/C26H28N8O4/c27-21(11-8-17-4-2-1-3-5-17)26(38)34-33-25(37)19-9-6-18(7-10-19)15-30-23(35)16-31-24(36)20-12-13-29-22(14-20)32-28/h1-7,9-10,12-14,21,28H,8,11,15-16,27H2,(H,30,35)(H,31,36)(H,33,37)(H,34,38)/t21-/m1/s1. The van der Waals surface area contributed by atoms with E-state index in [-0.39, 0.29) is 24.5 Å². The number of nitrogens with two attached hydrogens (primary N) is 1. The van der Waals surface area contributed by atoms with Gasteiger partial charge in [0.05, 0.1) is 12.6 Å². The maximum Gasteiger partial charge on any atom is 0.269 e. The molecule has 0 unspecified atom stereocenters. The number of rotatable bonds is 11. The number of carbonyl (C=O) groups excluding carboxylic acids is 4. The molecule has 0 radical (unpaired) electrons. The molecule has 1 aromatic heterocycles. The molecular formula is C26H28N8O4. The minimum absolute atomic E-state index is 0.0871. The second kappa shape index (κ2) is 13.9. The third kappa shape index (κ3) is 8.60. The lowest BCUT2D eigenvalue weighted by atomic mass is 10.1. The summed E-state index contributed by atoms with van der Waals surface area (Å²) in [5, 5.41) is 8.31. The Hall–Kier alpha value is -4.97. The van der Waals surface area contributed by atoms with Crippen LogP contribution in [0.5, 0.6) is 0 Å². The Morgan fingerprint density at radius 1 is 0.868 bits per heavy atom. The van der Waals surface area contributed by atoms with Crippen molar-refractivity contribution in [3.8, 4) is 0 Å². The fourth-order valence-electron chi connectivity index (χ4n) is 3.30. The molecule has 0 saturated heterocycles. The predicted octanol–water partition coefficient (Wildman–Crippen LogP) is 1.51. The summed E-state index contributed by atoms with van der Waals surface area (Å²) in [6.07, 6.45) is 2.42. The van der Waals surface area contributed by atoms with Crippen LogP contribution in [0.2, 0.25) is 0 Å². The van der Waals surface area contributed by atoms with Gasteiger partial charge in [-0.15, -0.1) is 5.11 Å². The van der Waals surface area contributed by atoms with Crippen molar-refractivity contribution < 1.29 is 19.2 Å². The van der Waals surface area contributed by atoms with Gasteiger partial charge in [-0.2, -0.15) is 0 Å². The highest BCUT2D eigenvalue weighted by Crippen LogP contribution is 2.09. The van der Waals surface area contributed by atoms with Gasteiger partial charge in [0.2, 0.25) is 5.91 Å². The van der Waals surface area contributed by atoms with Gasteiger partial charge < -0.3 is 16.4 Å². The molecular weight excluding hydrogens is 488 g/mol. The molecule has 196 valence electrons. The Morgan fingerprint density at radius 2 is 1.61 bits per heavy atom. The lowest BCUT2D eigenvalue weighted by Gasteiger charge is -2.13. The van der Waals surface area contributed by atoms with Crippen LogP contribution in [0.1, 0.15) is 38.3 Å². The van der Waals surface area contributed by atoms with E-state index in [1.54, 1.807) is 24.3 Å². The van der Waals surface area contributed by atoms with Gasteiger partial charge in [-0.1, -0.05) is 42.5 Å². The molecule has 0 fully saturated rings. The lowest BCUT2D eigenvalue weighted by molar-refractivity contribution is -0.123. The second-order valence-corrected chi connectivity index (χ2v) is 8.24. The van der Waals surface area contributed by atoms with E-state index in [9.17, 15) is 19.2 Å². The third-order valence-electron chi connectivity index (χ3n) is 5.46. The first-order chi connectivity index (χ1) is 18.4. The Kier molecular flexibility index (Phi) is 10.1. The van der Waals surface area contributed by atoms with Gasteiger partial charge in [-0.3, -0.25) is 30.0 Å². The van der Waals surface area contributed by atoms with Crippen molar-refractivity contribution in [2.24, 2.45) is 10.8 Å². The van der Waals surface area contributed by atoms with E-state index in [0.29, 0.717) is 18.4 Å². The van der Waals surface area contributed by atoms with Gasteiger partial charge in [0.1, 0.15) is 0 Å². The molecule has 3 aromatic rings. The summed E-state index contributed by atoms with van der Waals surface area (Å²) in [4.78, 5) is 52.5. The summed E-state index contributed by atoms with van der Waals surface area (Å²) >= 11 is 0. The summed E-state index contributed by atoms with van der Waals surface area (Å²) < 4.78 is 0. The van der Waals surface area contributed by atoms with Crippen molar-refractivity contribution in [1.82, 2.24) is 26.5 Å². The number of nitrogens with one attached hydrogen (secondary N) is 5. The van der Waals surface area contributed by atoms with Gasteiger partial charge >= 0.3 is 0 Å². The van der Waals surface area contributed by atoms with Crippen LogP contribution >= 0.6 is 0 Å². The Balaban J connectivity index is 1.37. The molecule has 0 aliphatic rings. The van der Waals surface area contributed by atoms with E-state index >= 15 is 0 Å². The Bertz CT molecular complexity index is 1280. The van der Waals surface area contributed by atoms with Crippen molar-refractivity contribution >= 4 is 29.4 Å². The number of hydrogen-bond acceptors (Lipinski definition) is 8. The summed E-state index contributed by atoms with van der Waals surface area (Å²) in [7, 11) is 0. The van der Waals surface area contributed by atoms with Crippen LogP contribution in [0, 0.1) is 5.53 Å². The van der Waals surface area contributed by atoms with Gasteiger partial charge in [-0.05, 0) is 48.2 Å². The molecule has 3 rings (SSSR count). The molecule has 0 spiro atoms. The van der Waals surface area contributed by atoms with Gasteiger partial charge in [0.15, 0.2) is 5.82 Å². The molecule has 0 bridgehead atoms. The topological polar surface area (TPSA) is 192 Å². The maximum atomic E-state index is 12.3. The molecule has 1 atom stereocenters. The smallest absolute Gasteiger partial charge is 0.269 e. The number of amides is 4. The fourth-order valence-corrected chi connectivity index (χ4v) is 3.30.